The second-order valence-corrected chi connectivity index (χ2v) is 3.91. The normalized spacial score (nSPS) is 10.4. The molecule has 1 heterocycles. The smallest absolute Gasteiger partial charge is 0.182 e. The van der Waals surface area contributed by atoms with Crippen LogP contribution in [-0.2, 0) is 13.5 Å². The van der Waals surface area contributed by atoms with Gasteiger partial charge in [0.1, 0.15) is 5.69 Å². The van der Waals surface area contributed by atoms with Crippen LogP contribution in [0.5, 0.6) is 0 Å². The minimum atomic E-state index is 0.0416. The molecule has 5 nitrogen and oxygen atoms in total. The van der Waals surface area contributed by atoms with Crippen LogP contribution in [0.25, 0.3) is 0 Å². The number of aryl methyl sites for hydroxylation is 2. The van der Waals surface area contributed by atoms with Gasteiger partial charge >= 0.3 is 0 Å². The van der Waals surface area contributed by atoms with Gasteiger partial charge in [0.25, 0.3) is 0 Å². The van der Waals surface area contributed by atoms with Crippen molar-refractivity contribution in [2.24, 2.45) is 7.05 Å². The molecule has 88 valence electrons. The summed E-state index contributed by atoms with van der Waals surface area (Å²) in [5.41, 5.74) is 7.99. The van der Waals surface area contributed by atoms with Gasteiger partial charge in [0.2, 0.25) is 0 Å². The number of nitrogens with two attached hydrogens (primary N) is 1. The highest BCUT2D eigenvalue weighted by atomic mass is 16.1. The van der Waals surface area contributed by atoms with Gasteiger partial charge in [-0.25, -0.2) is 4.68 Å². The number of nitrogens with zero attached hydrogens (tertiary/aromatic N) is 3. The topological polar surface area (TPSA) is 73.8 Å². The molecule has 5 heteroatoms. The molecular weight excluding hydrogens is 216 g/mol. The number of anilines is 1. The first kappa shape index (κ1) is 11.3. The quantitative estimate of drug-likeness (QED) is 0.633. The van der Waals surface area contributed by atoms with E-state index in [0.29, 0.717) is 18.5 Å². The zero-order chi connectivity index (χ0) is 12.3. The average molecular weight is 230 g/mol. The lowest BCUT2D eigenvalue weighted by Crippen LogP contribution is -2.07. The number of benzene rings is 1. The second-order valence-electron chi connectivity index (χ2n) is 3.91. The molecule has 0 radical (unpaired) electrons. The molecule has 0 unspecified atom stereocenters. The van der Waals surface area contributed by atoms with Gasteiger partial charge in [-0.2, -0.15) is 0 Å². The lowest BCUT2D eigenvalue weighted by Gasteiger charge is -2.02. The Labute approximate surface area is 99.2 Å². The Morgan fingerprint density at radius 2 is 2.29 bits per heavy atom. The zero-order valence-corrected chi connectivity index (χ0v) is 9.63. The minimum absolute atomic E-state index is 0.0416. The number of hydrogen-bond donors (Lipinski definition) is 1. The molecule has 0 spiro atoms. The molecule has 1 aromatic carbocycles. The summed E-state index contributed by atoms with van der Waals surface area (Å²) in [7, 11) is 1.71. The van der Waals surface area contributed by atoms with E-state index in [1.54, 1.807) is 7.05 Å². The fourth-order valence-corrected chi connectivity index (χ4v) is 1.68. The fourth-order valence-electron chi connectivity index (χ4n) is 1.68. The Kier molecular flexibility index (Phi) is 3.18. The maximum atomic E-state index is 11.9. The fraction of sp³-hybridized carbons (Fsp3) is 0.250. The summed E-state index contributed by atoms with van der Waals surface area (Å²) in [4.78, 5) is 11.9. The number of carbonyl (C=O) groups is 1. The molecule has 1 aromatic heterocycles. The number of rotatable bonds is 4. The van der Waals surface area contributed by atoms with E-state index in [4.69, 9.17) is 5.73 Å². The van der Waals surface area contributed by atoms with Crippen molar-refractivity contribution in [2.45, 2.75) is 12.8 Å². The van der Waals surface area contributed by atoms with Crippen LogP contribution >= 0.6 is 0 Å². The molecule has 0 atom stereocenters. The maximum Gasteiger partial charge on any atom is 0.182 e. The first-order chi connectivity index (χ1) is 8.16. The van der Waals surface area contributed by atoms with Crippen LogP contribution in [0.4, 0.5) is 5.69 Å². The number of carbonyl (C=O) groups excluding carboxylic acids is 1. The second kappa shape index (κ2) is 4.78. The highest BCUT2D eigenvalue weighted by Crippen LogP contribution is 2.10. The van der Waals surface area contributed by atoms with Crippen molar-refractivity contribution >= 4 is 11.5 Å². The average Bonchev–Trinajstić information content (AvgIpc) is 2.72. The maximum absolute atomic E-state index is 11.9. The van der Waals surface area contributed by atoms with E-state index < -0.39 is 0 Å². The van der Waals surface area contributed by atoms with Crippen LogP contribution in [0.1, 0.15) is 22.5 Å². The summed E-state index contributed by atoms with van der Waals surface area (Å²) in [6, 6.07) is 7.57. The van der Waals surface area contributed by atoms with Gasteiger partial charge in [-0.15, -0.1) is 5.10 Å². The number of aromatic nitrogens is 3. The van der Waals surface area contributed by atoms with Crippen molar-refractivity contribution in [3.8, 4) is 0 Å². The zero-order valence-electron chi connectivity index (χ0n) is 9.63. The first-order valence-corrected chi connectivity index (χ1v) is 5.39. The lowest BCUT2D eigenvalue weighted by atomic mass is 10.1. The Morgan fingerprint density at radius 3 is 2.94 bits per heavy atom. The standard InChI is InChI=1S/C12H14N4O/c1-16-11(8-14-15-16)12(17)6-5-9-3-2-4-10(13)7-9/h2-4,7-8H,5-6,13H2,1H3. The van der Waals surface area contributed by atoms with Crippen molar-refractivity contribution in [1.29, 1.82) is 0 Å². The summed E-state index contributed by atoms with van der Waals surface area (Å²) in [5, 5.41) is 7.42. The number of hydrogen-bond acceptors (Lipinski definition) is 4. The molecule has 0 aliphatic carbocycles. The molecule has 0 fully saturated rings. The van der Waals surface area contributed by atoms with E-state index in [2.05, 4.69) is 10.3 Å². The molecular formula is C12H14N4O. The Hall–Kier alpha value is -2.17. The lowest BCUT2D eigenvalue weighted by molar-refractivity contribution is 0.0974. The molecule has 2 rings (SSSR count). The van der Waals surface area contributed by atoms with Crippen molar-refractivity contribution in [3.05, 3.63) is 41.7 Å². The summed E-state index contributed by atoms with van der Waals surface area (Å²) in [5.74, 6) is 0.0416. The third-order valence-electron chi connectivity index (χ3n) is 2.59. The van der Waals surface area contributed by atoms with E-state index in [9.17, 15) is 4.79 Å². The number of Topliss-reactive ketones (excluding diaryl/α,β-unsaturated/α-hetero) is 1. The summed E-state index contributed by atoms with van der Waals surface area (Å²) in [6.45, 7) is 0. The van der Waals surface area contributed by atoms with E-state index in [1.165, 1.54) is 10.9 Å². The summed E-state index contributed by atoms with van der Waals surface area (Å²) >= 11 is 0. The van der Waals surface area contributed by atoms with Gasteiger partial charge in [-0.1, -0.05) is 17.3 Å². The monoisotopic (exact) mass is 230 g/mol. The third kappa shape index (κ3) is 2.69. The van der Waals surface area contributed by atoms with Crippen molar-refractivity contribution in [3.63, 3.8) is 0 Å². The third-order valence-corrected chi connectivity index (χ3v) is 2.59. The summed E-state index contributed by atoms with van der Waals surface area (Å²) < 4.78 is 1.49. The molecule has 0 aliphatic rings. The largest absolute Gasteiger partial charge is 0.399 e. The van der Waals surface area contributed by atoms with Gasteiger partial charge in [-0.05, 0) is 24.1 Å². The molecule has 0 aliphatic heterocycles. The van der Waals surface area contributed by atoms with Gasteiger partial charge in [-0.3, -0.25) is 4.79 Å². The summed E-state index contributed by atoms with van der Waals surface area (Å²) in [6.07, 6.45) is 2.60. The molecule has 0 saturated carbocycles. The minimum Gasteiger partial charge on any atom is -0.399 e. The van der Waals surface area contributed by atoms with Crippen LogP contribution in [0.3, 0.4) is 0 Å². The molecule has 0 bridgehead atoms. The predicted molar refractivity (Wildman–Crippen MR) is 64.5 cm³/mol. The van der Waals surface area contributed by atoms with Crippen molar-refractivity contribution < 1.29 is 4.79 Å². The van der Waals surface area contributed by atoms with Crippen LogP contribution in [0.2, 0.25) is 0 Å². The molecule has 0 amide bonds. The predicted octanol–water partition coefficient (Wildman–Crippen LogP) is 1.21. The van der Waals surface area contributed by atoms with Crippen molar-refractivity contribution in [2.75, 3.05) is 5.73 Å². The highest BCUT2D eigenvalue weighted by Gasteiger charge is 2.10. The van der Waals surface area contributed by atoms with Crippen LogP contribution in [0, 0.1) is 0 Å². The van der Waals surface area contributed by atoms with E-state index in [-0.39, 0.29) is 5.78 Å². The Balaban J connectivity index is 1.99. The molecule has 2 N–H and O–H groups in total. The number of nitrogen functional groups attached to an aromatic ring is 1. The molecule has 0 saturated heterocycles. The SMILES string of the molecule is Cn1nncc1C(=O)CCc1cccc(N)c1. The first-order valence-electron chi connectivity index (χ1n) is 5.39. The van der Waals surface area contributed by atoms with Crippen LogP contribution in [0.15, 0.2) is 30.5 Å². The van der Waals surface area contributed by atoms with Gasteiger partial charge in [0.15, 0.2) is 5.78 Å². The van der Waals surface area contributed by atoms with Crippen LogP contribution in [-0.4, -0.2) is 20.8 Å². The Bertz CT molecular complexity index is 533. The number of ketones is 1. The molecule has 2 aromatic rings. The van der Waals surface area contributed by atoms with Gasteiger partial charge in [0, 0.05) is 19.2 Å². The highest BCUT2D eigenvalue weighted by molar-refractivity contribution is 5.94. The van der Waals surface area contributed by atoms with Gasteiger partial charge in [0.05, 0.1) is 6.20 Å². The van der Waals surface area contributed by atoms with Gasteiger partial charge < -0.3 is 5.73 Å². The van der Waals surface area contributed by atoms with Crippen LogP contribution < -0.4 is 5.73 Å². The van der Waals surface area contributed by atoms with E-state index >= 15 is 0 Å². The van der Waals surface area contributed by atoms with E-state index in [0.717, 1.165) is 11.3 Å². The Morgan fingerprint density at radius 1 is 1.47 bits per heavy atom. The van der Waals surface area contributed by atoms with Crippen molar-refractivity contribution in [1.82, 2.24) is 15.0 Å². The molecule has 17 heavy (non-hydrogen) atoms. The van der Waals surface area contributed by atoms with E-state index in [1.807, 2.05) is 24.3 Å².